The monoisotopic (exact) mass is 244 g/mol. The first kappa shape index (κ1) is 12.4. The molecule has 1 aliphatic heterocycles. The lowest BCUT2D eigenvalue weighted by Gasteiger charge is -2.10. The molecule has 0 saturated carbocycles. The highest BCUT2D eigenvalue weighted by Crippen LogP contribution is 2.32. The highest BCUT2D eigenvalue weighted by Gasteiger charge is 2.28. The van der Waals surface area contributed by atoms with Crippen LogP contribution >= 0.6 is 24.2 Å². The van der Waals surface area contributed by atoms with Crippen molar-refractivity contribution in [2.24, 2.45) is 5.73 Å². The van der Waals surface area contributed by atoms with E-state index in [2.05, 4.69) is 5.32 Å². The topological polar surface area (TPSA) is 55.1 Å². The van der Waals surface area contributed by atoms with E-state index in [1.807, 2.05) is 30.3 Å². The molecule has 1 aromatic rings. The number of carbonyl (C=O) groups excluding carboxylic acids is 1. The quantitative estimate of drug-likeness (QED) is 0.825. The summed E-state index contributed by atoms with van der Waals surface area (Å²) in [4.78, 5) is 10.9. The maximum absolute atomic E-state index is 10.9. The summed E-state index contributed by atoms with van der Waals surface area (Å²) in [5.41, 5.74) is 6.42. The number of rotatable bonds is 2. The van der Waals surface area contributed by atoms with E-state index in [-0.39, 0.29) is 29.7 Å². The van der Waals surface area contributed by atoms with Crippen LogP contribution in [0.2, 0.25) is 0 Å². The first-order chi connectivity index (χ1) is 6.77. The largest absolute Gasteiger partial charge is 0.368 e. The zero-order valence-corrected chi connectivity index (χ0v) is 9.68. The molecule has 1 saturated heterocycles. The summed E-state index contributed by atoms with van der Waals surface area (Å²) in [6.07, 6.45) is 0. The lowest BCUT2D eigenvalue weighted by molar-refractivity contribution is -0.119. The first-order valence-electron chi connectivity index (χ1n) is 4.49. The summed E-state index contributed by atoms with van der Waals surface area (Å²) in [5, 5.41) is 3.40. The molecule has 0 radical (unpaired) electrons. The molecule has 0 bridgehead atoms. The Morgan fingerprint density at radius 2 is 2.07 bits per heavy atom. The highest BCUT2D eigenvalue weighted by molar-refractivity contribution is 7.99. The molecule has 3 nitrogen and oxygen atoms in total. The molecule has 1 heterocycles. The fourth-order valence-corrected chi connectivity index (χ4v) is 2.71. The van der Waals surface area contributed by atoms with Crippen LogP contribution in [0.5, 0.6) is 0 Å². The van der Waals surface area contributed by atoms with Crippen molar-refractivity contribution in [2.75, 3.05) is 5.75 Å². The van der Waals surface area contributed by atoms with Gasteiger partial charge in [-0.2, -0.15) is 0 Å². The van der Waals surface area contributed by atoms with Gasteiger partial charge >= 0.3 is 0 Å². The Labute approximate surface area is 99.2 Å². The summed E-state index contributed by atoms with van der Waals surface area (Å²) in [6.45, 7) is 0. The van der Waals surface area contributed by atoms with Crippen LogP contribution in [0.25, 0.3) is 0 Å². The Morgan fingerprint density at radius 3 is 2.60 bits per heavy atom. The number of carbonyl (C=O) groups is 1. The minimum Gasteiger partial charge on any atom is -0.368 e. The Balaban J connectivity index is 0.00000112. The third-order valence-electron chi connectivity index (χ3n) is 2.23. The van der Waals surface area contributed by atoms with Gasteiger partial charge in [0.2, 0.25) is 5.91 Å². The second-order valence-electron chi connectivity index (χ2n) is 3.25. The number of benzene rings is 1. The molecule has 0 spiro atoms. The van der Waals surface area contributed by atoms with Crippen molar-refractivity contribution in [3.05, 3.63) is 35.9 Å². The zero-order valence-electron chi connectivity index (χ0n) is 8.05. The summed E-state index contributed by atoms with van der Waals surface area (Å²) in [6, 6.07) is 9.88. The van der Waals surface area contributed by atoms with Gasteiger partial charge in [-0.3, -0.25) is 10.1 Å². The normalized spacial score (nSPS) is 24.5. The maximum atomic E-state index is 10.9. The standard InChI is InChI=1S/C10H12N2OS.ClH/c11-9(13)8-6-14-10(12-8)7-4-2-1-3-5-7;/h1-5,8,10,12H,6H2,(H2,11,13);1H. The van der Waals surface area contributed by atoms with Gasteiger partial charge in [0.1, 0.15) is 0 Å². The van der Waals surface area contributed by atoms with E-state index in [1.54, 1.807) is 11.8 Å². The summed E-state index contributed by atoms with van der Waals surface area (Å²) < 4.78 is 0. The Hall–Kier alpha value is -0.710. The van der Waals surface area contributed by atoms with E-state index in [4.69, 9.17) is 5.73 Å². The average Bonchev–Trinajstić information content (AvgIpc) is 2.68. The van der Waals surface area contributed by atoms with Crippen LogP contribution in [-0.2, 0) is 4.79 Å². The third-order valence-corrected chi connectivity index (χ3v) is 3.50. The molecule has 5 heteroatoms. The van der Waals surface area contributed by atoms with Crippen LogP contribution in [0.3, 0.4) is 0 Å². The Morgan fingerprint density at radius 1 is 1.40 bits per heavy atom. The molecule has 1 aliphatic rings. The second-order valence-corrected chi connectivity index (χ2v) is 4.38. The van der Waals surface area contributed by atoms with Crippen LogP contribution < -0.4 is 11.1 Å². The number of primary amides is 1. The molecule has 3 N–H and O–H groups in total. The minimum absolute atomic E-state index is 0. The molecule has 15 heavy (non-hydrogen) atoms. The van der Waals surface area contributed by atoms with Gasteiger partial charge in [0.25, 0.3) is 0 Å². The van der Waals surface area contributed by atoms with Crippen molar-refractivity contribution >= 4 is 30.1 Å². The number of amides is 1. The Kier molecular flexibility index (Phi) is 4.45. The van der Waals surface area contributed by atoms with Crippen LogP contribution in [0, 0.1) is 0 Å². The van der Waals surface area contributed by atoms with Crippen LogP contribution in [-0.4, -0.2) is 17.7 Å². The molecule has 1 aromatic carbocycles. The van der Waals surface area contributed by atoms with Crippen LogP contribution in [0.15, 0.2) is 30.3 Å². The number of nitrogens with two attached hydrogens (primary N) is 1. The molecule has 1 amide bonds. The van der Waals surface area contributed by atoms with Gasteiger partial charge in [-0.05, 0) is 5.56 Å². The van der Waals surface area contributed by atoms with Crippen molar-refractivity contribution in [1.82, 2.24) is 5.32 Å². The fraction of sp³-hybridized carbons (Fsp3) is 0.300. The number of hydrogen-bond acceptors (Lipinski definition) is 3. The van der Waals surface area contributed by atoms with Crippen molar-refractivity contribution in [2.45, 2.75) is 11.4 Å². The molecular weight excluding hydrogens is 232 g/mol. The van der Waals surface area contributed by atoms with Crippen molar-refractivity contribution in [1.29, 1.82) is 0 Å². The predicted octanol–water partition coefficient (Wildman–Crippen LogP) is 1.30. The van der Waals surface area contributed by atoms with E-state index < -0.39 is 0 Å². The number of nitrogens with one attached hydrogen (secondary N) is 1. The lowest BCUT2D eigenvalue weighted by Crippen LogP contribution is -2.38. The van der Waals surface area contributed by atoms with E-state index in [0.717, 1.165) is 5.75 Å². The molecule has 0 aromatic heterocycles. The number of hydrogen-bond donors (Lipinski definition) is 2. The van der Waals surface area contributed by atoms with Gasteiger partial charge in [-0.25, -0.2) is 0 Å². The van der Waals surface area contributed by atoms with Gasteiger partial charge in [0.05, 0.1) is 11.4 Å². The molecule has 2 atom stereocenters. The van der Waals surface area contributed by atoms with Gasteiger partial charge in [0, 0.05) is 5.75 Å². The molecule has 2 rings (SSSR count). The SMILES string of the molecule is Cl.NC(=O)C1CSC(c2ccccc2)N1. The van der Waals surface area contributed by atoms with Crippen molar-refractivity contribution in [3.8, 4) is 0 Å². The van der Waals surface area contributed by atoms with Gasteiger partial charge in [-0.1, -0.05) is 30.3 Å². The van der Waals surface area contributed by atoms with E-state index in [9.17, 15) is 4.79 Å². The van der Waals surface area contributed by atoms with E-state index in [0.29, 0.717) is 0 Å². The van der Waals surface area contributed by atoms with Gasteiger partial charge < -0.3 is 5.73 Å². The summed E-state index contributed by atoms with van der Waals surface area (Å²) in [7, 11) is 0. The highest BCUT2D eigenvalue weighted by atomic mass is 35.5. The van der Waals surface area contributed by atoms with Crippen LogP contribution in [0.1, 0.15) is 10.9 Å². The maximum Gasteiger partial charge on any atom is 0.235 e. The number of halogens is 1. The smallest absolute Gasteiger partial charge is 0.235 e. The predicted molar refractivity (Wildman–Crippen MR) is 65.0 cm³/mol. The number of thioether (sulfide) groups is 1. The molecule has 2 unspecified atom stereocenters. The van der Waals surface area contributed by atoms with Crippen molar-refractivity contribution in [3.63, 3.8) is 0 Å². The van der Waals surface area contributed by atoms with Gasteiger partial charge in [-0.15, -0.1) is 24.2 Å². The Bertz CT molecular complexity index is 333. The second kappa shape index (κ2) is 5.39. The third kappa shape index (κ3) is 2.87. The van der Waals surface area contributed by atoms with E-state index >= 15 is 0 Å². The molecular formula is C10H13ClN2OS. The van der Waals surface area contributed by atoms with Crippen molar-refractivity contribution < 1.29 is 4.79 Å². The first-order valence-corrected chi connectivity index (χ1v) is 5.54. The van der Waals surface area contributed by atoms with Gasteiger partial charge in [0.15, 0.2) is 0 Å². The van der Waals surface area contributed by atoms with E-state index in [1.165, 1.54) is 5.56 Å². The summed E-state index contributed by atoms with van der Waals surface area (Å²) >= 11 is 1.72. The fourth-order valence-electron chi connectivity index (χ4n) is 1.46. The molecule has 0 aliphatic carbocycles. The minimum atomic E-state index is -0.268. The summed E-state index contributed by atoms with van der Waals surface area (Å²) in [5.74, 6) is 0.491. The average molecular weight is 245 g/mol. The molecule has 82 valence electrons. The molecule has 1 fully saturated rings. The lowest BCUT2D eigenvalue weighted by atomic mass is 10.2. The zero-order chi connectivity index (χ0) is 9.97. The van der Waals surface area contributed by atoms with Crippen LogP contribution in [0.4, 0.5) is 0 Å².